The van der Waals surface area contributed by atoms with Gasteiger partial charge in [0.05, 0.1) is 12.7 Å². The lowest BCUT2D eigenvalue weighted by Gasteiger charge is -2.10. The SMILES string of the molecule is COc1c2c(cc3ccc(=O)oc13)C(=O)C(OC(C)=O)O2. The third-order valence-electron chi connectivity index (χ3n) is 3.00. The number of benzene rings is 1. The van der Waals surface area contributed by atoms with E-state index in [4.69, 9.17) is 18.6 Å². The van der Waals surface area contributed by atoms with Gasteiger partial charge in [0, 0.05) is 18.4 Å². The van der Waals surface area contributed by atoms with Crippen LogP contribution in [-0.4, -0.2) is 25.2 Å². The number of hydrogen-bond acceptors (Lipinski definition) is 7. The fourth-order valence-corrected chi connectivity index (χ4v) is 2.17. The quantitative estimate of drug-likeness (QED) is 0.607. The van der Waals surface area contributed by atoms with Crippen LogP contribution in [0.15, 0.2) is 27.4 Å². The van der Waals surface area contributed by atoms with Crippen LogP contribution < -0.4 is 15.1 Å². The lowest BCUT2D eigenvalue weighted by Crippen LogP contribution is -2.26. The molecule has 1 aliphatic heterocycles. The Labute approximate surface area is 118 Å². The van der Waals surface area contributed by atoms with E-state index in [2.05, 4.69) is 0 Å². The third kappa shape index (κ3) is 2.03. The molecule has 0 N–H and O–H groups in total. The Hall–Kier alpha value is -2.83. The Kier molecular flexibility index (Phi) is 2.90. The first-order chi connectivity index (χ1) is 10.0. The number of Topliss-reactive ketones (excluding diaryl/α,β-unsaturated/α-hetero) is 1. The van der Waals surface area contributed by atoms with Crippen molar-refractivity contribution in [1.82, 2.24) is 0 Å². The van der Waals surface area contributed by atoms with Gasteiger partial charge in [-0.25, -0.2) is 4.79 Å². The summed E-state index contributed by atoms with van der Waals surface area (Å²) in [5.74, 6) is -0.929. The first-order valence-electron chi connectivity index (χ1n) is 6.04. The van der Waals surface area contributed by atoms with Gasteiger partial charge in [0.1, 0.15) is 0 Å². The van der Waals surface area contributed by atoms with Crippen LogP contribution in [0.5, 0.6) is 11.5 Å². The Bertz CT molecular complexity index is 818. The number of hydrogen-bond donors (Lipinski definition) is 0. The van der Waals surface area contributed by atoms with Crippen molar-refractivity contribution in [2.24, 2.45) is 0 Å². The van der Waals surface area contributed by atoms with Crippen LogP contribution in [-0.2, 0) is 9.53 Å². The van der Waals surface area contributed by atoms with Gasteiger partial charge in [0.15, 0.2) is 11.3 Å². The molecule has 0 saturated carbocycles. The number of fused-ring (bicyclic) bond motifs is 2. The predicted octanol–water partition coefficient (Wildman–Crippen LogP) is 1.27. The summed E-state index contributed by atoms with van der Waals surface area (Å²) in [7, 11) is 1.36. The molecule has 21 heavy (non-hydrogen) atoms. The molecule has 0 aliphatic carbocycles. The number of ether oxygens (including phenoxy) is 3. The maximum atomic E-state index is 12.2. The highest BCUT2D eigenvalue weighted by Crippen LogP contribution is 2.43. The molecule has 2 aromatic rings. The first-order valence-corrected chi connectivity index (χ1v) is 6.04. The average Bonchev–Trinajstić information content (AvgIpc) is 2.72. The number of methoxy groups -OCH3 is 1. The van der Waals surface area contributed by atoms with Crippen LogP contribution in [0.1, 0.15) is 17.3 Å². The van der Waals surface area contributed by atoms with E-state index in [0.717, 1.165) is 0 Å². The molecule has 1 atom stereocenters. The largest absolute Gasteiger partial charge is 0.490 e. The Balaban J connectivity index is 2.22. The van der Waals surface area contributed by atoms with Crippen molar-refractivity contribution in [2.75, 3.05) is 7.11 Å². The molecular formula is C14H10O7. The molecule has 108 valence electrons. The van der Waals surface area contributed by atoms with E-state index in [-0.39, 0.29) is 22.6 Å². The maximum absolute atomic E-state index is 12.2. The molecule has 1 aromatic heterocycles. The van der Waals surface area contributed by atoms with Crippen molar-refractivity contribution < 1.29 is 28.2 Å². The van der Waals surface area contributed by atoms with Crippen LogP contribution in [0, 0.1) is 0 Å². The predicted molar refractivity (Wildman–Crippen MR) is 69.5 cm³/mol. The van der Waals surface area contributed by atoms with Crippen molar-refractivity contribution >= 4 is 22.7 Å². The zero-order valence-corrected chi connectivity index (χ0v) is 11.2. The van der Waals surface area contributed by atoms with Crippen molar-refractivity contribution in [2.45, 2.75) is 13.2 Å². The number of esters is 1. The van der Waals surface area contributed by atoms with E-state index in [1.165, 1.54) is 32.2 Å². The van der Waals surface area contributed by atoms with Gasteiger partial charge >= 0.3 is 17.9 Å². The van der Waals surface area contributed by atoms with Gasteiger partial charge < -0.3 is 18.6 Å². The minimum atomic E-state index is -1.35. The summed E-state index contributed by atoms with van der Waals surface area (Å²) in [6.07, 6.45) is -1.35. The van der Waals surface area contributed by atoms with Gasteiger partial charge in [0.25, 0.3) is 0 Å². The number of rotatable bonds is 2. The number of carbonyl (C=O) groups is 2. The van der Waals surface area contributed by atoms with E-state index in [0.29, 0.717) is 5.39 Å². The molecule has 0 radical (unpaired) electrons. The lowest BCUT2D eigenvalue weighted by atomic mass is 10.1. The molecule has 7 heteroatoms. The summed E-state index contributed by atoms with van der Waals surface area (Å²) in [6, 6.07) is 4.25. The molecule has 7 nitrogen and oxygen atoms in total. The standard InChI is InChI=1S/C14H10O7/c1-6(15)19-14-10(17)8-5-7-3-4-9(16)20-11(7)13(18-2)12(8)21-14/h3-5,14H,1-2H3. The van der Waals surface area contributed by atoms with E-state index in [1.54, 1.807) is 0 Å². The van der Waals surface area contributed by atoms with Crippen LogP contribution in [0.25, 0.3) is 11.0 Å². The van der Waals surface area contributed by atoms with Crippen molar-refractivity contribution in [3.05, 3.63) is 34.2 Å². The summed E-state index contributed by atoms with van der Waals surface area (Å²) in [6.45, 7) is 1.17. The van der Waals surface area contributed by atoms with Crippen LogP contribution in [0.3, 0.4) is 0 Å². The van der Waals surface area contributed by atoms with E-state index in [1.807, 2.05) is 0 Å². The topological polar surface area (TPSA) is 92.0 Å². The van der Waals surface area contributed by atoms with E-state index < -0.39 is 23.7 Å². The van der Waals surface area contributed by atoms with E-state index >= 15 is 0 Å². The Morgan fingerprint density at radius 3 is 2.71 bits per heavy atom. The van der Waals surface area contributed by atoms with Crippen molar-refractivity contribution in [3.63, 3.8) is 0 Å². The summed E-state index contributed by atoms with van der Waals surface area (Å²) in [5, 5.41) is 0.505. The fraction of sp³-hybridized carbons (Fsp3) is 0.214. The van der Waals surface area contributed by atoms with E-state index in [9.17, 15) is 14.4 Å². The smallest absolute Gasteiger partial charge is 0.336 e. The van der Waals surface area contributed by atoms with Gasteiger partial charge in [-0.05, 0) is 12.1 Å². The molecule has 1 aromatic carbocycles. The molecule has 2 heterocycles. The molecular weight excluding hydrogens is 280 g/mol. The monoisotopic (exact) mass is 290 g/mol. The minimum absolute atomic E-state index is 0.0931. The lowest BCUT2D eigenvalue weighted by molar-refractivity contribution is -0.154. The van der Waals surface area contributed by atoms with Crippen LogP contribution in [0.2, 0.25) is 0 Å². The highest BCUT2D eigenvalue weighted by atomic mass is 16.7. The minimum Gasteiger partial charge on any atom is -0.490 e. The van der Waals surface area contributed by atoms with Gasteiger partial charge in [0.2, 0.25) is 11.5 Å². The molecule has 0 saturated heterocycles. The molecule has 0 bridgehead atoms. The van der Waals surface area contributed by atoms with Gasteiger partial charge in [-0.2, -0.15) is 0 Å². The summed E-state index contributed by atoms with van der Waals surface area (Å²) >= 11 is 0. The van der Waals surface area contributed by atoms with Crippen LogP contribution in [0.4, 0.5) is 0 Å². The van der Waals surface area contributed by atoms with Crippen molar-refractivity contribution in [3.8, 4) is 11.5 Å². The highest BCUT2D eigenvalue weighted by molar-refractivity contribution is 6.09. The number of carbonyl (C=O) groups excluding carboxylic acids is 2. The second-order valence-corrected chi connectivity index (χ2v) is 4.38. The molecule has 3 rings (SSSR count). The summed E-state index contributed by atoms with van der Waals surface area (Å²) in [5.41, 5.74) is -0.180. The van der Waals surface area contributed by atoms with Crippen molar-refractivity contribution in [1.29, 1.82) is 0 Å². The average molecular weight is 290 g/mol. The molecule has 1 aliphatic rings. The van der Waals surface area contributed by atoms with Crippen LogP contribution >= 0.6 is 0 Å². The van der Waals surface area contributed by atoms with Gasteiger partial charge in [-0.3, -0.25) is 9.59 Å². The molecule has 1 unspecified atom stereocenters. The second-order valence-electron chi connectivity index (χ2n) is 4.38. The fourth-order valence-electron chi connectivity index (χ4n) is 2.17. The van der Waals surface area contributed by atoms with Gasteiger partial charge in [-0.1, -0.05) is 0 Å². The Morgan fingerprint density at radius 1 is 1.29 bits per heavy atom. The maximum Gasteiger partial charge on any atom is 0.336 e. The molecule has 0 amide bonds. The molecule has 0 spiro atoms. The number of ketones is 1. The zero-order chi connectivity index (χ0) is 15.1. The highest BCUT2D eigenvalue weighted by Gasteiger charge is 2.38. The Morgan fingerprint density at radius 2 is 2.05 bits per heavy atom. The normalized spacial score (nSPS) is 16.5. The summed E-state index contributed by atoms with van der Waals surface area (Å²) in [4.78, 5) is 34.5. The summed E-state index contributed by atoms with van der Waals surface area (Å²) < 4.78 is 20.4. The van der Waals surface area contributed by atoms with Gasteiger partial charge in [-0.15, -0.1) is 0 Å². The second kappa shape index (κ2) is 4.62. The molecule has 0 fully saturated rings. The third-order valence-corrected chi connectivity index (χ3v) is 3.00. The zero-order valence-electron chi connectivity index (χ0n) is 11.2. The first kappa shape index (κ1) is 13.2.